The predicted octanol–water partition coefficient (Wildman–Crippen LogP) is 4.25. The van der Waals surface area contributed by atoms with Gasteiger partial charge in [0, 0.05) is 48.6 Å². The molecule has 1 saturated carbocycles. The highest BCUT2D eigenvalue weighted by Gasteiger charge is 2.43. The summed E-state index contributed by atoms with van der Waals surface area (Å²) < 4.78 is 27.1. The maximum absolute atomic E-state index is 13.9. The molecule has 3 atom stereocenters. The van der Waals surface area contributed by atoms with Crippen LogP contribution in [-0.4, -0.2) is 57.1 Å². The van der Waals surface area contributed by atoms with Gasteiger partial charge in [0.1, 0.15) is 23.7 Å². The lowest BCUT2D eigenvalue weighted by Crippen LogP contribution is -2.48. The second-order valence-corrected chi connectivity index (χ2v) is 10.0. The molecular formula is C24H27ClFN7O2. The number of fused-ring (bicyclic) bond motifs is 2. The first-order chi connectivity index (χ1) is 17.0. The maximum atomic E-state index is 13.9. The van der Waals surface area contributed by atoms with Gasteiger partial charge in [0.05, 0.1) is 12.6 Å². The molecule has 2 aromatic heterocycles. The van der Waals surface area contributed by atoms with E-state index >= 15 is 0 Å². The van der Waals surface area contributed by atoms with E-state index in [1.54, 1.807) is 17.1 Å². The van der Waals surface area contributed by atoms with Crippen molar-refractivity contribution in [3.63, 3.8) is 0 Å². The van der Waals surface area contributed by atoms with Crippen LogP contribution < -0.4 is 15.0 Å². The van der Waals surface area contributed by atoms with Gasteiger partial charge in [-0.1, -0.05) is 11.6 Å². The van der Waals surface area contributed by atoms with Crippen molar-refractivity contribution in [1.82, 2.24) is 24.7 Å². The molecule has 1 aliphatic carbocycles. The molecule has 6 rings (SSSR count). The number of hydrogen-bond acceptors (Lipinski definition) is 8. The molecule has 2 saturated heterocycles. The zero-order valence-corrected chi connectivity index (χ0v) is 20.2. The molecule has 2 aliphatic heterocycles. The molecule has 3 fully saturated rings. The van der Waals surface area contributed by atoms with Gasteiger partial charge in [-0.25, -0.2) is 19.0 Å². The van der Waals surface area contributed by atoms with Gasteiger partial charge in [-0.05, 0) is 50.2 Å². The highest BCUT2D eigenvalue weighted by Crippen LogP contribution is 2.40. The molecular weight excluding hydrogens is 473 g/mol. The summed E-state index contributed by atoms with van der Waals surface area (Å²) in [6, 6.07) is 6.70. The van der Waals surface area contributed by atoms with Crippen LogP contribution in [0.15, 0.2) is 30.6 Å². The van der Waals surface area contributed by atoms with Crippen LogP contribution in [0, 0.1) is 24.6 Å². The molecule has 3 aromatic rings. The number of nitrogens with one attached hydrogen (secondary N) is 1. The van der Waals surface area contributed by atoms with E-state index in [4.69, 9.17) is 26.2 Å². The van der Waals surface area contributed by atoms with E-state index in [9.17, 15) is 4.39 Å². The summed E-state index contributed by atoms with van der Waals surface area (Å²) in [6.45, 7) is 5.03. The van der Waals surface area contributed by atoms with Gasteiger partial charge >= 0.3 is 6.01 Å². The average Bonchev–Trinajstić information content (AvgIpc) is 3.52. The van der Waals surface area contributed by atoms with E-state index in [1.807, 2.05) is 13.0 Å². The SMILES string of the molecule is Cc1cc(N2CC3CCC(C2)C3Nc2nc(Oc3cc(F)cc(Cl)c3)n(C3CCOC3)n2)ncn1. The van der Waals surface area contributed by atoms with Crippen LogP contribution in [0.3, 0.4) is 0 Å². The number of aromatic nitrogens is 5. The molecule has 0 spiro atoms. The Bertz CT molecular complexity index is 1180. The van der Waals surface area contributed by atoms with E-state index in [1.165, 1.54) is 12.1 Å². The van der Waals surface area contributed by atoms with Gasteiger partial charge in [0.25, 0.3) is 0 Å². The second-order valence-electron chi connectivity index (χ2n) is 9.58. The van der Waals surface area contributed by atoms with Gasteiger partial charge in [-0.15, -0.1) is 5.10 Å². The third-order valence-electron chi connectivity index (χ3n) is 7.14. The van der Waals surface area contributed by atoms with Gasteiger partial charge in [-0.3, -0.25) is 0 Å². The first-order valence-corrected chi connectivity index (χ1v) is 12.4. The van der Waals surface area contributed by atoms with Crippen molar-refractivity contribution in [2.75, 3.05) is 36.5 Å². The Morgan fingerprint density at radius 2 is 1.94 bits per heavy atom. The van der Waals surface area contributed by atoms with Crippen LogP contribution in [0.1, 0.15) is 31.0 Å². The number of halogens is 2. The first-order valence-electron chi connectivity index (χ1n) is 12.0. The molecule has 184 valence electrons. The zero-order chi connectivity index (χ0) is 23.9. The van der Waals surface area contributed by atoms with Crippen LogP contribution in [0.4, 0.5) is 16.2 Å². The molecule has 1 N–H and O–H groups in total. The van der Waals surface area contributed by atoms with E-state index in [0.717, 1.165) is 43.9 Å². The average molecular weight is 500 g/mol. The summed E-state index contributed by atoms with van der Waals surface area (Å²) >= 11 is 6.01. The summed E-state index contributed by atoms with van der Waals surface area (Å²) in [5, 5.41) is 8.60. The third kappa shape index (κ3) is 4.64. The highest BCUT2D eigenvalue weighted by atomic mass is 35.5. The van der Waals surface area contributed by atoms with Crippen molar-refractivity contribution in [1.29, 1.82) is 0 Å². The lowest BCUT2D eigenvalue weighted by Gasteiger charge is -2.38. The zero-order valence-electron chi connectivity index (χ0n) is 19.4. The lowest BCUT2D eigenvalue weighted by molar-refractivity contribution is 0.182. The number of hydrogen-bond donors (Lipinski definition) is 1. The summed E-state index contributed by atoms with van der Waals surface area (Å²) in [7, 11) is 0. The number of benzene rings is 1. The van der Waals surface area contributed by atoms with E-state index in [-0.39, 0.29) is 22.9 Å². The molecule has 0 radical (unpaired) electrons. The number of ether oxygens (including phenoxy) is 2. The van der Waals surface area contributed by atoms with E-state index < -0.39 is 5.82 Å². The van der Waals surface area contributed by atoms with Gasteiger partial charge in [0.2, 0.25) is 5.95 Å². The van der Waals surface area contributed by atoms with Crippen molar-refractivity contribution < 1.29 is 13.9 Å². The summed E-state index contributed by atoms with van der Waals surface area (Å²) in [5.74, 6) is 2.23. The first kappa shape index (κ1) is 22.5. The molecule has 35 heavy (non-hydrogen) atoms. The van der Waals surface area contributed by atoms with Crippen LogP contribution in [0.25, 0.3) is 0 Å². The highest BCUT2D eigenvalue weighted by molar-refractivity contribution is 6.30. The van der Waals surface area contributed by atoms with Crippen molar-refractivity contribution in [2.45, 2.75) is 38.3 Å². The molecule has 0 amide bonds. The fraction of sp³-hybridized carbons (Fsp3) is 0.500. The molecule has 2 bridgehead atoms. The fourth-order valence-electron chi connectivity index (χ4n) is 5.49. The number of anilines is 2. The Balaban J connectivity index is 1.22. The minimum Gasteiger partial charge on any atom is -0.424 e. The second kappa shape index (κ2) is 9.23. The van der Waals surface area contributed by atoms with Crippen molar-refractivity contribution in [3.8, 4) is 11.8 Å². The molecule has 3 unspecified atom stereocenters. The van der Waals surface area contributed by atoms with Gasteiger partial charge < -0.3 is 19.7 Å². The summed E-state index contributed by atoms with van der Waals surface area (Å²) in [5.41, 5.74) is 0.973. The van der Waals surface area contributed by atoms with Crippen LogP contribution in [0.2, 0.25) is 5.02 Å². The normalized spacial score (nSPS) is 25.7. The number of rotatable bonds is 6. The Morgan fingerprint density at radius 3 is 2.66 bits per heavy atom. The van der Waals surface area contributed by atoms with Crippen LogP contribution >= 0.6 is 11.6 Å². The molecule has 11 heteroatoms. The molecule has 1 aromatic carbocycles. The lowest BCUT2D eigenvalue weighted by atomic mass is 9.92. The Labute approximate surface area is 207 Å². The van der Waals surface area contributed by atoms with E-state index in [2.05, 4.69) is 25.2 Å². The number of piperidine rings is 1. The maximum Gasteiger partial charge on any atom is 0.322 e. The molecule has 3 aliphatic rings. The number of aryl methyl sites for hydroxylation is 1. The predicted molar refractivity (Wildman–Crippen MR) is 129 cm³/mol. The van der Waals surface area contributed by atoms with Gasteiger partial charge in [-0.2, -0.15) is 4.98 Å². The monoisotopic (exact) mass is 499 g/mol. The topological polar surface area (TPSA) is 90.2 Å². The van der Waals surface area contributed by atoms with E-state index in [0.29, 0.717) is 37.0 Å². The minimum atomic E-state index is -0.469. The Hall–Kier alpha value is -2.98. The van der Waals surface area contributed by atoms with Crippen molar-refractivity contribution in [3.05, 3.63) is 47.1 Å². The Kier molecular flexibility index (Phi) is 5.93. The largest absolute Gasteiger partial charge is 0.424 e. The summed E-state index contributed by atoms with van der Waals surface area (Å²) in [6.07, 6.45) is 4.73. The van der Waals surface area contributed by atoms with Crippen molar-refractivity contribution >= 4 is 23.4 Å². The summed E-state index contributed by atoms with van der Waals surface area (Å²) in [4.78, 5) is 15.7. The number of nitrogens with zero attached hydrogens (tertiary/aromatic N) is 6. The van der Waals surface area contributed by atoms with Crippen LogP contribution in [-0.2, 0) is 4.74 Å². The smallest absolute Gasteiger partial charge is 0.322 e. The quantitative estimate of drug-likeness (QED) is 0.538. The van der Waals surface area contributed by atoms with Gasteiger partial charge in [0.15, 0.2) is 0 Å². The van der Waals surface area contributed by atoms with Crippen molar-refractivity contribution in [2.24, 2.45) is 11.8 Å². The standard InChI is InChI=1S/C24H27ClFN7O2/c1-14-6-21(28-13-27-14)32-10-15-2-3-16(11-32)22(15)29-23-30-24(33(31-23)19-4-5-34-12-19)35-20-8-17(25)7-18(26)9-20/h6-9,13,15-16,19,22H,2-5,10-12H2,1H3,(H,29,31). The van der Waals surface area contributed by atoms with Crippen LogP contribution in [0.5, 0.6) is 11.8 Å². The third-order valence-corrected chi connectivity index (χ3v) is 7.36. The fourth-order valence-corrected chi connectivity index (χ4v) is 5.70. The minimum absolute atomic E-state index is 0.0108. The Morgan fingerprint density at radius 1 is 1.11 bits per heavy atom. The molecule has 9 nitrogen and oxygen atoms in total. The molecule has 4 heterocycles.